The number of benzene rings is 1. The number of para-hydroxylation sites is 1. The second-order valence-corrected chi connectivity index (χ2v) is 19.5. The van der Waals surface area contributed by atoms with Crippen LogP contribution in [0.1, 0.15) is 100 Å². The third-order valence-electron chi connectivity index (χ3n) is 14.1. The molecule has 0 aliphatic carbocycles. The van der Waals surface area contributed by atoms with Gasteiger partial charge in [-0.1, -0.05) is 45.4 Å². The van der Waals surface area contributed by atoms with Gasteiger partial charge in [0.1, 0.15) is 24.4 Å². The van der Waals surface area contributed by atoms with Gasteiger partial charge in [0.05, 0.1) is 81.1 Å². The summed E-state index contributed by atoms with van der Waals surface area (Å²) in [4.78, 5) is 125. The van der Waals surface area contributed by atoms with Gasteiger partial charge in [-0.3, -0.25) is 43.3 Å². The van der Waals surface area contributed by atoms with E-state index < -0.39 is 60.3 Å². The average Bonchev–Trinajstić information content (AvgIpc) is 4.07. The van der Waals surface area contributed by atoms with Crippen molar-refractivity contribution in [2.75, 3.05) is 59.3 Å². The van der Waals surface area contributed by atoms with Crippen LogP contribution in [-0.4, -0.2) is 149 Å². The summed E-state index contributed by atoms with van der Waals surface area (Å²) in [5.41, 5.74) is 4.64. The van der Waals surface area contributed by atoms with Crippen molar-refractivity contribution in [1.29, 1.82) is 0 Å². The first kappa shape index (κ1) is 54.9. The third-order valence-corrected chi connectivity index (χ3v) is 14.1. The normalized spacial score (nSPS) is 19.0. The van der Waals surface area contributed by atoms with Gasteiger partial charge in [-0.2, -0.15) is 0 Å². The summed E-state index contributed by atoms with van der Waals surface area (Å²) in [6.07, 6.45) is 3.75. The minimum absolute atomic E-state index is 0.0602. The molecule has 0 unspecified atom stereocenters. The Morgan fingerprint density at radius 3 is 2.34 bits per heavy atom. The van der Waals surface area contributed by atoms with Gasteiger partial charge in [-0.25, -0.2) is 9.78 Å². The van der Waals surface area contributed by atoms with Crippen LogP contribution in [0.4, 0.5) is 0 Å². The molecular formula is C54H65N7O15. The molecule has 1 aromatic carbocycles. The molecule has 1 fully saturated rings. The minimum atomic E-state index is -1.53. The van der Waals surface area contributed by atoms with Crippen LogP contribution in [0.2, 0.25) is 0 Å². The summed E-state index contributed by atoms with van der Waals surface area (Å²) in [6, 6.07) is 6.03. The number of carbonyl (C=O) groups excluding carboxylic acids is 7. The van der Waals surface area contributed by atoms with Crippen molar-refractivity contribution in [1.82, 2.24) is 35.3 Å². The molecule has 8 rings (SSSR count). The van der Waals surface area contributed by atoms with Crippen molar-refractivity contribution in [2.24, 2.45) is 5.92 Å². The zero-order valence-corrected chi connectivity index (χ0v) is 43.0. The van der Waals surface area contributed by atoms with E-state index in [1.807, 2.05) is 38.1 Å². The predicted octanol–water partition coefficient (Wildman–Crippen LogP) is 2.50. The summed E-state index contributed by atoms with van der Waals surface area (Å²) in [7, 11) is 0. The molecule has 2 aromatic heterocycles. The molecule has 1 saturated heterocycles. The van der Waals surface area contributed by atoms with Gasteiger partial charge < -0.3 is 54.2 Å². The first-order chi connectivity index (χ1) is 36.7. The van der Waals surface area contributed by atoms with Crippen LogP contribution in [0, 0.1) is 5.92 Å². The fourth-order valence-corrected chi connectivity index (χ4v) is 10.4. The van der Waals surface area contributed by atoms with Gasteiger partial charge in [0.15, 0.2) is 0 Å². The van der Waals surface area contributed by atoms with Crippen molar-refractivity contribution >= 4 is 58.3 Å². The van der Waals surface area contributed by atoms with E-state index in [9.17, 15) is 48.3 Å². The van der Waals surface area contributed by atoms with Crippen molar-refractivity contribution in [3.8, 4) is 11.4 Å². The van der Waals surface area contributed by atoms with Gasteiger partial charge in [-0.05, 0) is 55.7 Å². The lowest BCUT2D eigenvalue weighted by Crippen LogP contribution is -2.63. The number of rotatable bonds is 26. The number of aryl methyl sites for hydroxylation is 1. The number of aromatic nitrogens is 2. The summed E-state index contributed by atoms with van der Waals surface area (Å²) >= 11 is 0. The molecule has 0 bridgehead atoms. The number of cyclic esters (lactones) is 1. The quantitative estimate of drug-likeness (QED) is 0.0399. The second kappa shape index (κ2) is 25.0. The number of aliphatic carboxylic acids is 1. The maximum atomic E-state index is 14.4. The predicted molar refractivity (Wildman–Crippen MR) is 271 cm³/mol. The Hall–Kier alpha value is -7.30. The highest BCUT2D eigenvalue weighted by atomic mass is 16.6. The number of nitrogens with one attached hydrogen (secondary N) is 3. The summed E-state index contributed by atoms with van der Waals surface area (Å²) in [6.45, 7) is 7.61. The molecule has 6 amide bonds. The molecule has 406 valence electrons. The van der Waals surface area contributed by atoms with E-state index >= 15 is 0 Å². The van der Waals surface area contributed by atoms with Crippen molar-refractivity contribution < 1.29 is 67.1 Å². The molecule has 7 heterocycles. The van der Waals surface area contributed by atoms with E-state index in [2.05, 4.69) is 22.9 Å². The van der Waals surface area contributed by atoms with Crippen LogP contribution < -0.4 is 21.5 Å². The summed E-state index contributed by atoms with van der Waals surface area (Å²) in [5, 5.41) is 19.1. The standard InChI is InChI=1S/C54H65N7O15/c1-4-32-33-11-7-8-13-38(33)57-47-36(32)29-61-40(47)27-35-37(52(61)69)30-75-54(71)50(35)76-49-34-12-10-20-60(48(34)51(68)58-46(49)31(2)3)53(70)39(28-45(66)67)56-42(63)17-21-72-23-25-74-26-24-73-22-18-55-41(62)14-6-5-9-19-59-43(64)15-16-44(59)65/h7-8,11,13,15-16,27,31,39,46,48,50H,4-6,9-10,12,14,17-26,28-30H2,1-3H3,(H,55,62)(H,56,63)(H,58,68)(H,66,67)/t39-,46-,48-,50-/m0/s1. The maximum Gasteiger partial charge on any atom is 0.352 e. The average molecular weight is 1050 g/mol. The van der Waals surface area contributed by atoms with Gasteiger partial charge in [0, 0.05) is 66.7 Å². The van der Waals surface area contributed by atoms with E-state index in [1.165, 1.54) is 22.0 Å². The maximum absolute atomic E-state index is 14.4. The summed E-state index contributed by atoms with van der Waals surface area (Å²) in [5.74, 6) is -4.82. The van der Waals surface area contributed by atoms with Gasteiger partial charge in [-0.15, -0.1) is 0 Å². The Kier molecular flexibility index (Phi) is 18.1. The highest BCUT2D eigenvalue weighted by molar-refractivity contribution is 6.12. The van der Waals surface area contributed by atoms with Crippen LogP contribution >= 0.6 is 0 Å². The van der Waals surface area contributed by atoms with E-state index in [-0.39, 0.29) is 99.7 Å². The van der Waals surface area contributed by atoms with Crippen LogP contribution in [0.25, 0.3) is 22.3 Å². The SMILES string of the molecule is CCc1c2c(nc3ccccc13)-c1cc3c(c(=O)n1C2)COC(=O)[C@H]3OC1=C2CCCN(C(=O)[C@H](CC(=O)O)NC(=O)CCOCCOCCOCCNC(=O)CCCCCN3C(=O)C=CC3=O)[C@@H]2C(=O)N[C@H]1C(C)C. The van der Waals surface area contributed by atoms with Crippen LogP contribution in [0.5, 0.6) is 0 Å². The van der Waals surface area contributed by atoms with Crippen LogP contribution in [-0.2, 0) is 81.6 Å². The molecule has 4 atom stereocenters. The molecule has 0 saturated carbocycles. The number of carboxylic acid groups (broad SMARTS) is 1. The molecular weight excluding hydrogens is 987 g/mol. The first-order valence-corrected chi connectivity index (χ1v) is 26.1. The Balaban J connectivity index is 0.826. The lowest BCUT2D eigenvalue weighted by atomic mass is 9.84. The molecule has 0 spiro atoms. The number of carbonyl (C=O) groups is 8. The number of carboxylic acids is 1. The highest BCUT2D eigenvalue weighted by Gasteiger charge is 2.48. The van der Waals surface area contributed by atoms with E-state index in [0.717, 1.165) is 22.0 Å². The fraction of sp³-hybridized carbons (Fsp3) is 0.519. The third kappa shape index (κ3) is 12.3. The molecule has 0 radical (unpaired) electrons. The van der Waals surface area contributed by atoms with Gasteiger partial charge >= 0.3 is 11.9 Å². The van der Waals surface area contributed by atoms with E-state index in [1.54, 1.807) is 10.6 Å². The first-order valence-electron chi connectivity index (χ1n) is 26.1. The number of pyridine rings is 2. The molecule has 22 heteroatoms. The second-order valence-electron chi connectivity index (χ2n) is 19.5. The number of amides is 6. The Morgan fingerprint density at radius 1 is 0.895 bits per heavy atom. The lowest BCUT2D eigenvalue weighted by Gasteiger charge is -2.44. The van der Waals surface area contributed by atoms with Crippen LogP contribution in [0.15, 0.2) is 58.6 Å². The number of piperidine rings is 1. The Morgan fingerprint density at radius 2 is 1.62 bits per heavy atom. The largest absolute Gasteiger partial charge is 0.481 e. The van der Waals surface area contributed by atoms with E-state index in [4.69, 9.17) is 28.7 Å². The highest BCUT2D eigenvalue weighted by Crippen LogP contribution is 2.42. The zero-order valence-electron chi connectivity index (χ0n) is 43.0. The van der Waals surface area contributed by atoms with Crippen LogP contribution in [0.3, 0.4) is 0 Å². The number of unbranched alkanes of at least 4 members (excludes halogenated alkanes) is 2. The van der Waals surface area contributed by atoms with Gasteiger partial charge in [0.25, 0.3) is 17.4 Å². The molecule has 22 nitrogen and oxygen atoms in total. The zero-order chi connectivity index (χ0) is 54.0. The molecule has 3 aromatic rings. The smallest absolute Gasteiger partial charge is 0.352 e. The fourth-order valence-electron chi connectivity index (χ4n) is 10.4. The monoisotopic (exact) mass is 1050 g/mol. The van der Waals surface area contributed by atoms with Crippen molar-refractivity contribution in [3.63, 3.8) is 0 Å². The van der Waals surface area contributed by atoms with Crippen molar-refractivity contribution in [3.05, 3.63) is 86.4 Å². The molecule has 4 N–H and O–H groups in total. The molecule has 5 aliphatic rings. The number of hydrogen-bond acceptors (Lipinski definition) is 15. The lowest BCUT2D eigenvalue weighted by molar-refractivity contribution is -0.160. The summed E-state index contributed by atoms with van der Waals surface area (Å²) < 4.78 is 30.5. The molecule has 76 heavy (non-hydrogen) atoms. The number of fused-ring (bicyclic) bond motifs is 6. The number of ether oxygens (including phenoxy) is 5. The Labute approximate surface area is 438 Å². The van der Waals surface area contributed by atoms with Crippen molar-refractivity contribution in [2.45, 2.75) is 116 Å². The molecule has 5 aliphatic heterocycles. The van der Waals surface area contributed by atoms with Gasteiger partial charge in [0.2, 0.25) is 29.7 Å². The Bertz CT molecular complexity index is 2880. The van der Waals surface area contributed by atoms with E-state index in [0.29, 0.717) is 87.1 Å². The number of esters is 1. The topological polar surface area (TPSA) is 280 Å². The number of hydrogen-bond donors (Lipinski definition) is 4. The number of likely N-dealkylation sites (tertiary alicyclic amines) is 1. The number of nitrogens with zero attached hydrogens (tertiary/aromatic N) is 4. The minimum Gasteiger partial charge on any atom is -0.481 e. The number of imide groups is 1.